The number of benzene rings is 7. The summed E-state index contributed by atoms with van der Waals surface area (Å²) in [6.45, 7) is 15.1. The number of para-hydroxylation sites is 3. The Morgan fingerprint density at radius 2 is 1.11 bits per heavy atom. The first-order valence-corrected chi connectivity index (χ1v) is 23.3. The van der Waals surface area contributed by atoms with Gasteiger partial charge in [-0.2, -0.15) is 0 Å². The average molecular weight is 848 g/mol. The zero-order valence-corrected chi connectivity index (χ0v) is 38.3. The van der Waals surface area contributed by atoms with Gasteiger partial charge < -0.3 is 9.13 Å². The van der Waals surface area contributed by atoms with Crippen LogP contribution in [0.25, 0.3) is 60.6 Å². The predicted molar refractivity (Wildman–Crippen MR) is 280 cm³/mol. The molecule has 322 valence electrons. The highest BCUT2D eigenvalue weighted by molar-refractivity contribution is 6.24. The summed E-state index contributed by atoms with van der Waals surface area (Å²) in [6, 6.07) is 60.5. The SMILES string of the molecule is C=NC(=NC(=NC/C(C)=C/C(=C(/C)CC)c1ccccc1C1CCC1)c1ccc(-n2c3ccccc3c3ccc4c5ccccc5n(-c5ccccc5)c4c32)cc1)c1ccccc1.CC. The molecule has 9 aromatic rings. The molecule has 0 amide bonds. The first kappa shape index (κ1) is 42.9. The summed E-state index contributed by atoms with van der Waals surface area (Å²) in [4.78, 5) is 14.8. The minimum absolute atomic E-state index is 0.487. The highest BCUT2D eigenvalue weighted by Gasteiger charge is 2.24. The molecule has 0 unspecified atom stereocenters. The minimum Gasteiger partial charge on any atom is -0.307 e. The van der Waals surface area contributed by atoms with E-state index in [-0.39, 0.29) is 0 Å². The highest BCUT2D eigenvalue weighted by Crippen LogP contribution is 2.43. The van der Waals surface area contributed by atoms with Crippen LogP contribution < -0.4 is 0 Å². The zero-order valence-electron chi connectivity index (χ0n) is 38.3. The van der Waals surface area contributed by atoms with Gasteiger partial charge in [-0.25, -0.2) is 9.98 Å². The minimum atomic E-state index is 0.487. The van der Waals surface area contributed by atoms with Gasteiger partial charge in [0.05, 0.1) is 28.6 Å². The third-order valence-corrected chi connectivity index (χ3v) is 12.9. The monoisotopic (exact) mass is 847 g/mol. The van der Waals surface area contributed by atoms with Crippen LogP contribution in [0, 0.1) is 0 Å². The molecule has 1 fully saturated rings. The summed E-state index contributed by atoms with van der Waals surface area (Å²) >= 11 is 0. The fourth-order valence-corrected chi connectivity index (χ4v) is 9.37. The molecule has 5 nitrogen and oxygen atoms in total. The lowest BCUT2D eigenvalue weighted by Gasteiger charge is -2.28. The first-order chi connectivity index (χ1) is 32.0. The number of rotatable bonds is 10. The Labute approximate surface area is 383 Å². The number of hydrogen-bond donors (Lipinski definition) is 0. The van der Waals surface area contributed by atoms with Crippen LogP contribution in [0.3, 0.4) is 0 Å². The van der Waals surface area contributed by atoms with Gasteiger partial charge in [0.25, 0.3) is 0 Å². The second-order valence-electron chi connectivity index (χ2n) is 16.8. The normalized spacial score (nSPS) is 14.1. The summed E-state index contributed by atoms with van der Waals surface area (Å²) < 4.78 is 4.85. The van der Waals surface area contributed by atoms with Gasteiger partial charge in [0.15, 0.2) is 11.7 Å². The van der Waals surface area contributed by atoms with Crippen molar-refractivity contribution in [3.8, 4) is 11.4 Å². The van der Waals surface area contributed by atoms with Crippen LogP contribution in [-0.4, -0.2) is 34.1 Å². The molecule has 1 aliphatic rings. The maximum atomic E-state index is 5.27. The Balaban J connectivity index is 0.00000263. The topological polar surface area (TPSA) is 46.9 Å². The van der Waals surface area contributed by atoms with E-state index >= 15 is 0 Å². The van der Waals surface area contributed by atoms with Gasteiger partial charge in [-0.1, -0.05) is 166 Å². The molecule has 0 atom stereocenters. The quantitative estimate of drug-likeness (QED) is 0.0748. The average Bonchev–Trinajstić information content (AvgIpc) is 3.87. The number of aromatic nitrogens is 2. The zero-order chi connectivity index (χ0) is 44.9. The summed E-state index contributed by atoms with van der Waals surface area (Å²) in [5, 5.41) is 4.87. The van der Waals surface area contributed by atoms with E-state index < -0.39 is 0 Å². The molecule has 5 heteroatoms. The van der Waals surface area contributed by atoms with Crippen LogP contribution >= 0.6 is 0 Å². The van der Waals surface area contributed by atoms with Crippen LogP contribution in [0.1, 0.15) is 88.5 Å². The van der Waals surface area contributed by atoms with Crippen molar-refractivity contribution in [3.05, 3.63) is 209 Å². The maximum Gasteiger partial charge on any atom is 0.161 e. The molecule has 2 heterocycles. The van der Waals surface area contributed by atoms with Crippen molar-refractivity contribution in [2.45, 2.75) is 66.2 Å². The van der Waals surface area contributed by atoms with Crippen molar-refractivity contribution in [2.24, 2.45) is 15.0 Å². The van der Waals surface area contributed by atoms with Crippen molar-refractivity contribution in [1.29, 1.82) is 0 Å². The molecular weight excluding hydrogens is 791 g/mol. The summed E-state index contributed by atoms with van der Waals surface area (Å²) in [5.41, 5.74) is 15.4. The van der Waals surface area contributed by atoms with E-state index in [1.54, 1.807) is 0 Å². The molecule has 0 N–H and O–H groups in total. The molecule has 0 saturated heterocycles. The first-order valence-electron chi connectivity index (χ1n) is 23.3. The van der Waals surface area contributed by atoms with Gasteiger partial charge in [-0.15, -0.1) is 0 Å². The highest BCUT2D eigenvalue weighted by atomic mass is 15.0. The van der Waals surface area contributed by atoms with Gasteiger partial charge in [0, 0.05) is 44.0 Å². The lowest BCUT2D eigenvalue weighted by Crippen LogP contribution is -2.11. The number of fused-ring (bicyclic) bond motifs is 7. The molecule has 2 aromatic heterocycles. The fraction of sp³-hybridized carbons (Fsp3) is 0.183. The number of aliphatic imine (C=N–C) groups is 3. The van der Waals surface area contributed by atoms with E-state index in [2.05, 4.69) is 187 Å². The molecule has 10 rings (SSSR count). The van der Waals surface area contributed by atoms with Crippen molar-refractivity contribution >= 4 is 67.6 Å². The third kappa shape index (κ3) is 8.19. The molecule has 7 aromatic carbocycles. The fourth-order valence-electron chi connectivity index (χ4n) is 9.37. The Kier molecular flexibility index (Phi) is 12.7. The molecule has 0 radical (unpaired) electrons. The number of allylic oxidation sites excluding steroid dienone is 3. The van der Waals surface area contributed by atoms with Crippen LogP contribution in [0.5, 0.6) is 0 Å². The molecule has 65 heavy (non-hydrogen) atoms. The van der Waals surface area contributed by atoms with Crippen LogP contribution in [-0.2, 0) is 0 Å². The Morgan fingerprint density at radius 1 is 0.585 bits per heavy atom. The molecule has 1 aliphatic carbocycles. The van der Waals surface area contributed by atoms with E-state index in [1.165, 1.54) is 85.2 Å². The lowest BCUT2D eigenvalue weighted by atomic mass is 9.76. The number of hydrogen-bond acceptors (Lipinski definition) is 1. The Bertz CT molecular complexity index is 3280. The van der Waals surface area contributed by atoms with Crippen LogP contribution in [0.4, 0.5) is 0 Å². The summed E-state index contributed by atoms with van der Waals surface area (Å²) in [6.07, 6.45) is 7.18. The van der Waals surface area contributed by atoms with Crippen molar-refractivity contribution in [2.75, 3.05) is 6.54 Å². The smallest absolute Gasteiger partial charge is 0.161 e. The number of nitrogens with zero attached hydrogens (tertiary/aromatic N) is 5. The number of amidine groups is 2. The van der Waals surface area contributed by atoms with Gasteiger partial charge in [-0.3, -0.25) is 4.99 Å². The second kappa shape index (κ2) is 19.2. The molecular formula is C60H57N5. The molecule has 0 spiro atoms. The van der Waals surface area contributed by atoms with Gasteiger partial charge in [-0.05, 0) is 111 Å². The van der Waals surface area contributed by atoms with Gasteiger partial charge >= 0.3 is 0 Å². The predicted octanol–water partition coefficient (Wildman–Crippen LogP) is 15.9. The summed E-state index contributed by atoms with van der Waals surface area (Å²) in [7, 11) is 0. The third-order valence-electron chi connectivity index (χ3n) is 12.9. The van der Waals surface area contributed by atoms with Crippen LogP contribution in [0.2, 0.25) is 0 Å². The van der Waals surface area contributed by atoms with Crippen LogP contribution in [0.15, 0.2) is 202 Å². The van der Waals surface area contributed by atoms with Crippen molar-refractivity contribution in [1.82, 2.24) is 9.13 Å². The van der Waals surface area contributed by atoms with Crippen molar-refractivity contribution < 1.29 is 0 Å². The molecule has 1 saturated carbocycles. The Morgan fingerprint density at radius 3 is 1.68 bits per heavy atom. The second-order valence-corrected chi connectivity index (χ2v) is 16.8. The Hall–Kier alpha value is -7.37. The maximum absolute atomic E-state index is 5.27. The van der Waals surface area contributed by atoms with E-state index in [0.29, 0.717) is 24.1 Å². The molecule has 0 bridgehead atoms. The van der Waals surface area contributed by atoms with E-state index in [4.69, 9.17) is 9.98 Å². The molecule has 0 aliphatic heterocycles. The van der Waals surface area contributed by atoms with Gasteiger partial charge in [0.1, 0.15) is 0 Å². The van der Waals surface area contributed by atoms with Crippen molar-refractivity contribution in [3.63, 3.8) is 0 Å². The van der Waals surface area contributed by atoms with E-state index in [1.807, 2.05) is 44.2 Å². The van der Waals surface area contributed by atoms with E-state index in [9.17, 15) is 0 Å². The van der Waals surface area contributed by atoms with E-state index in [0.717, 1.165) is 34.4 Å². The lowest BCUT2D eigenvalue weighted by molar-refractivity contribution is 0.419. The standard InChI is InChI=1S/C58H51N5.C2H6/c1-5-40(3)52(47-26-13-12-25-46(47)41-21-18-22-41)37-39(2)38-60-58(61-57(59-4)42-19-8-6-9-20-42)43-31-33-45(34-32-43)63-54-30-17-15-28-49(54)51-36-35-50-48-27-14-16-29-53(48)62(55(50)56(51)63)44-23-10-7-11-24-44;1-2/h6-17,19-20,23-37,41H,4-5,18,21-22,38H2,1-3H3;1-2H3/b39-37+,52-40+,60-58?,61-57?;. The summed E-state index contributed by atoms with van der Waals surface area (Å²) in [5.74, 6) is 1.79. The van der Waals surface area contributed by atoms with Gasteiger partial charge in [0.2, 0.25) is 0 Å². The largest absolute Gasteiger partial charge is 0.307 e.